The van der Waals surface area contributed by atoms with E-state index >= 15 is 0 Å². The average Bonchev–Trinajstić information content (AvgIpc) is 2.17. The van der Waals surface area contributed by atoms with Gasteiger partial charge in [0, 0.05) is 0 Å². The third-order valence-corrected chi connectivity index (χ3v) is 19.7. The molecule has 0 aromatic rings. The van der Waals surface area contributed by atoms with E-state index in [2.05, 4.69) is 64.9 Å². The van der Waals surface area contributed by atoms with E-state index in [1.54, 1.807) is 0 Å². The first-order valence-corrected chi connectivity index (χ1v) is 18.8. The Hall–Kier alpha value is 0.448. The van der Waals surface area contributed by atoms with Crippen LogP contribution in [0.25, 0.3) is 0 Å². The van der Waals surface area contributed by atoms with Crippen molar-refractivity contribution < 1.29 is 16.5 Å². The Morgan fingerprint density at radius 1 is 0.714 bits per heavy atom. The van der Waals surface area contributed by atoms with Crippen LogP contribution in [-0.4, -0.2) is 34.2 Å². The zero-order valence-corrected chi connectivity index (χ0v) is 18.9. The number of unbranched alkanes of at least 4 members (excludes halogenated alkanes) is 1. The van der Waals surface area contributed by atoms with Gasteiger partial charge in [-0.15, -0.1) is 0 Å². The fraction of sp³-hybridized carbons (Fsp3) is 0.846. The van der Waals surface area contributed by atoms with E-state index in [-0.39, 0.29) is 0 Å². The highest BCUT2D eigenvalue weighted by molar-refractivity contribution is 6.93. The second-order valence-electron chi connectivity index (χ2n) is 7.20. The van der Waals surface area contributed by atoms with E-state index in [1.807, 2.05) is 0 Å². The van der Waals surface area contributed by atoms with Crippen LogP contribution < -0.4 is 0 Å². The van der Waals surface area contributed by atoms with Crippen LogP contribution in [0.3, 0.4) is 0 Å². The summed E-state index contributed by atoms with van der Waals surface area (Å²) in [6.45, 7) is 16.9. The predicted octanol–water partition coefficient (Wildman–Crippen LogP) is 4.60. The maximum atomic E-state index is 6.52. The summed E-state index contributed by atoms with van der Waals surface area (Å²) in [6.07, 6.45) is 6.48. The van der Waals surface area contributed by atoms with Gasteiger partial charge in [-0.3, -0.25) is 0 Å². The average molecular weight is 365 g/mol. The van der Waals surface area contributed by atoms with Gasteiger partial charge in [0.05, 0.1) is 0 Å². The first-order chi connectivity index (χ1) is 9.39. The summed E-state index contributed by atoms with van der Waals surface area (Å²) in [5.74, 6) is 0. The normalized spacial score (nSPS) is 27.2. The molecular formula is C13H32O4Si4. The van der Waals surface area contributed by atoms with Crippen molar-refractivity contribution in [2.45, 2.75) is 71.6 Å². The molecule has 21 heavy (non-hydrogen) atoms. The van der Waals surface area contributed by atoms with Crippen LogP contribution in [0.4, 0.5) is 0 Å². The van der Waals surface area contributed by atoms with Gasteiger partial charge >= 0.3 is 34.2 Å². The highest BCUT2D eigenvalue weighted by Gasteiger charge is 2.51. The van der Waals surface area contributed by atoms with E-state index in [0.29, 0.717) is 0 Å². The van der Waals surface area contributed by atoms with Crippen molar-refractivity contribution in [2.75, 3.05) is 0 Å². The molecule has 0 unspecified atom stereocenters. The topological polar surface area (TPSA) is 36.9 Å². The SMILES string of the molecule is C/C=C/CCC[Si]1(C)O[Si](C)(C)O[Si](C)(C)O[Si](C)(C)O1. The molecule has 0 aromatic heterocycles. The van der Waals surface area contributed by atoms with Crippen molar-refractivity contribution in [3.8, 4) is 0 Å². The van der Waals surface area contributed by atoms with E-state index in [9.17, 15) is 0 Å². The molecule has 1 heterocycles. The molecule has 0 N–H and O–H groups in total. The minimum atomic E-state index is -2.24. The van der Waals surface area contributed by atoms with Gasteiger partial charge in [0.1, 0.15) is 0 Å². The molecule has 1 aliphatic rings. The van der Waals surface area contributed by atoms with Crippen molar-refractivity contribution in [3.05, 3.63) is 12.2 Å². The molecule has 8 heteroatoms. The summed E-state index contributed by atoms with van der Waals surface area (Å²) in [6, 6.07) is 0.999. The highest BCUT2D eigenvalue weighted by Crippen LogP contribution is 2.33. The second kappa shape index (κ2) is 6.91. The van der Waals surface area contributed by atoms with Gasteiger partial charge in [-0.1, -0.05) is 12.2 Å². The van der Waals surface area contributed by atoms with Crippen molar-refractivity contribution in [1.29, 1.82) is 0 Å². The Balaban J connectivity index is 2.88. The minimum absolute atomic E-state index is 0.999. The Kier molecular flexibility index (Phi) is 6.42. The van der Waals surface area contributed by atoms with Crippen molar-refractivity contribution in [3.63, 3.8) is 0 Å². The van der Waals surface area contributed by atoms with Gasteiger partial charge in [-0.05, 0) is 71.6 Å². The molecule has 0 saturated carbocycles. The van der Waals surface area contributed by atoms with E-state index in [1.165, 1.54) is 0 Å². The maximum Gasteiger partial charge on any atom is 0.317 e. The molecule has 4 nitrogen and oxygen atoms in total. The monoisotopic (exact) mass is 364 g/mol. The lowest BCUT2D eigenvalue weighted by molar-refractivity contribution is 0.234. The summed E-state index contributed by atoms with van der Waals surface area (Å²) in [4.78, 5) is 0. The maximum absolute atomic E-state index is 6.52. The van der Waals surface area contributed by atoms with Gasteiger partial charge in [0.15, 0.2) is 0 Å². The molecule has 1 saturated heterocycles. The largest absolute Gasteiger partial charge is 0.416 e. The number of hydrogen-bond donors (Lipinski definition) is 0. The van der Waals surface area contributed by atoms with E-state index in [4.69, 9.17) is 16.5 Å². The van der Waals surface area contributed by atoms with Gasteiger partial charge in [0.25, 0.3) is 0 Å². The van der Waals surface area contributed by atoms with Crippen LogP contribution in [0.2, 0.25) is 51.9 Å². The zero-order chi connectivity index (χ0) is 16.4. The summed E-state index contributed by atoms with van der Waals surface area (Å²) in [7, 11) is -8.80. The van der Waals surface area contributed by atoms with E-state index in [0.717, 1.165) is 18.9 Å². The standard InChI is InChI=1S/C13H32O4Si4/c1-9-10-11-12-13-21(8)16-19(4,5)14-18(2,3)15-20(6,7)17-21/h9-10H,11-13H2,1-8H3/b10-9+. The molecule has 124 valence electrons. The molecule has 0 atom stereocenters. The minimum Gasteiger partial charge on any atom is -0.416 e. The Morgan fingerprint density at radius 2 is 1.14 bits per heavy atom. The fourth-order valence-electron chi connectivity index (χ4n) is 3.12. The highest BCUT2D eigenvalue weighted by atomic mass is 28.5. The van der Waals surface area contributed by atoms with Gasteiger partial charge in [-0.2, -0.15) is 0 Å². The van der Waals surface area contributed by atoms with Crippen LogP contribution in [0.1, 0.15) is 19.8 Å². The lowest BCUT2D eigenvalue weighted by atomic mass is 10.3. The van der Waals surface area contributed by atoms with Gasteiger partial charge < -0.3 is 16.5 Å². The third-order valence-electron chi connectivity index (χ3n) is 3.14. The Morgan fingerprint density at radius 3 is 1.57 bits per heavy atom. The molecule has 1 aliphatic heterocycles. The van der Waals surface area contributed by atoms with Crippen molar-refractivity contribution in [2.24, 2.45) is 0 Å². The number of allylic oxidation sites excluding steroid dienone is 2. The van der Waals surface area contributed by atoms with Crippen LogP contribution in [0.15, 0.2) is 12.2 Å². The molecule has 0 amide bonds. The zero-order valence-electron chi connectivity index (χ0n) is 14.9. The summed E-state index contributed by atoms with van der Waals surface area (Å²) >= 11 is 0. The molecule has 0 radical (unpaired) electrons. The molecule has 0 spiro atoms. The quantitative estimate of drug-likeness (QED) is 0.415. The summed E-state index contributed by atoms with van der Waals surface area (Å²) < 4.78 is 25.7. The number of hydrogen-bond acceptors (Lipinski definition) is 4. The third kappa shape index (κ3) is 7.04. The first-order valence-electron chi connectivity index (χ1n) is 7.81. The Bertz CT molecular complexity index is 360. The van der Waals surface area contributed by atoms with Crippen molar-refractivity contribution >= 4 is 34.2 Å². The summed E-state index contributed by atoms with van der Waals surface area (Å²) in [5.41, 5.74) is 0. The molecule has 0 bridgehead atoms. The van der Waals surface area contributed by atoms with Crippen LogP contribution in [-0.2, 0) is 16.5 Å². The second-order valence-corrected chi connectivity index (χ2v) is 21.6. The van der Waals surface area contributed by atoms with Crippen LogP contribution in [0.5, 0.6) is 0 Å². The van der Waals surface area contributed by atoms with Gasteiger partial charge in [-0.25, -0.2) is 0 Å². The van der Waals surface area contributed by atoms with Crippen molar-refractivity contribution in [1.82, 2.24) is 0 Å². The first kappa shape index (κ1) is 19.5. The molecular weight excluding hydrogens is 332 g/mol. The molecule has 1 fully saturated rings. The lowest BCUT2D eigenvalue weighted by Gasteiger charge is -2.47. The number of rotatable bonds is 4. The van der Waals surface area contributed by atoms with E-state index < -0.39 is 34.2 Å². The van der Waals surface area contributed by atoms with Crippen LogP contribution >= 0.6 is 0 Å². The Labute approximate surface area is 134 Å². The van der Waals surface area contributed by atoms with Gasteiger partial charge in [0.2, 0.25) is 0 Å². The predicted molar refractivity (Wildman–Crippen MR) is 97.3 cm³/mol. The summed E-state index contributed by atoms with van der Waals surface area (Å²) in [5, 5.41) is 0. The van der Waals surface area contributed by atoms with Crippen LogP contribution in [0, 0.1) is 0 Å². The lowest BCUT2D eigenvalue weighted by Crippen LogP contribution is -2.64. The molecule has 0 aromatic carbocycles. The smallest absolute Gasteiger partial charge is 0.317 e. The molecule has 1 rings (SSSR count). The molecule has 0 aliphatic carbocycles. The fourth-order valence-corrected chi connectivity index (χ4v) is 24.7.